The van der Waals surface area contributed by atoms with Crippen molar-refractivity contribution in [3.05, 3.63) is 68.8 Å². The highest BCUT2D eigenvalue weighted by Crippen LogP contribution is 2.43. The molecule has 0 saturated heterocycles. The molecule has 4 unspecified atom stereocenters. The standard InChI is InChI=1S/C35H50NO5P/c1-10-20(4)33(38)27-19-41-34(39)35(40,12-3)28(27)17-21(5)23(7)25(11-2)32-29(36(9)15-16-37)14-13-26-24(8)30(42)18-22(6)31(26)32/h17-18,20,29,37,40H,7,10-16,19,42H2,1-6,8-9H3/b21-17+,32-25-. The lowest BCUT2D eigenvalue weighted by Crippen LogP contribution is -2.46. The van der Waals surface area contributed by atoms with Crippen LogP contribution >= 0.6 is 9.24 Å². The molecule has 1 aliphatic carbocycles. The summed E-state index contributed by atoms with van der Waals surface area (Å²) in [4.78, 5) is 28.5. The van der Waals surface area contributed by atoms with Crippen molar-refractivity contribution in [1.29, 1.82) is 0 Å². The van der Waals surface area contributed by atoms with Crippen molar-refractivity contribution in [3.8, 4) is 0 Å². The van der Waals surface area contributed by atoms with Gasteiger partial charge in [0, 0.05) is 29.7 Å². The molecule has 2 N–H and O–H groups in total. The summed E-state index contributed by atoms with van der Waals surface area (Å²) in [6.45, 7) is 19.0. The highest BCUT2D eigenvalue weighted by Gasteiger charge is 2.45. The minimum atomic E-state index is -1.90. The van der Waals surface area contributed by atoms with Crippen LogP contribution in [0.5, 0.6) is 0 Å². The number of carbonyl (C=O) groups is 2. The normalized spacial score (nSPS) is 23.1. The molecule has 4 atom stereocenters. The van der Waals surface area contributed by atoms with Gasteiger partial charge in [-0.15, -0.1) is 9.24 Å². The van der Waals surface area contributed by atoms with Crippen LogP contribution in [0.4, 0.5) is 0 Å². The van der Waals surface area contributed by atoms with Crippen LogP contribution in [0, 0.1) is 19.8 Å². The van der Waals surface area contributed by atoms with Gasteiger partial charge in [-0.05, 0) is 110 Å². The summed E-state index contributed by atoms with van der Waals surface area (Å²) in [6, 6.07) is 2.31. The van der Waals surface area contributed by atoms with E-state index in [9.17, 15) is 19.8 Å². The molecular formula is C35H50NO5P. The Labute approximate surface area is 254 Å². The summed E-state index contributed by atoms with van der Waals surface area (Å²) in [5, 5.41) is 22.6. The van der Waals surface area contributed by atoms with E-state index in [0.29, 0.717) is 24.1 Å². The number of likely N-dealkylation sites (N-methyl/N-ethyl adjacent to an activating group) is 1. The average Bonchev–Trinajstić information content (AvgIpc) is 2.97. The third kappa shape index (κ3) is 6.28. The monoisotopic (exact) mass is 595 g/mol. The second kappa shape index (κ2) is 13.9. The number of rotatable bonds is 11. The number of ketones is 1. The number of Topliss-reactive ketones (excluding diaryl/α,β-unsaturated/α-hetero) is 1. The molecule has 1 aromatic carbocycles. The van der Waals surface area contributed by atoms with E-state index in [1.165, 1.54) is 33.1 Å². The van der Waals surface area contributed by atoms with Crippen LogP contribution in [0.3, 0.4) is 0 Å². The molecule has 1 aromatic rings. The van der Waals surface area contributed by atoms with Crippen LogP contribution in [-0.4, -0.2) is 65.3 Å². The molecule has 2 aliphatic rings. The molecule has 1 heterocycles. The molecule has 0 bridgehead atoms. The molecule has 0 fully saturated rings. The number of ether oxygens (including phenoxy) is 1. The second-order valence-electron chi connectivity index (χ2n) is 11.9. The van der Waals surface area contributed by atoms with Crippen molar-refractivity contribution < 1.29 is 24.5 Å². The minimum Gasteiger partial charge on any atom is -0.458 e. The number of aryl methyl sites for hydroxylation is 1. The first-order valence-electron chi connectivity index (χ1n) is 15.3. The number of cyclic esters (lactones) is 1. The lowest BCUT2D eigenvalue weighted by atomic mass is 9.74. The van der Waals surface area contributed by atoms with Crippen LogP contribution in [0.1, 0.15) is 82.6 Å². The number of aliphatic hydroxyl groups is 2. The molecule has 6 nitrogen and oxygen atoms in total. The first-order chi connectivity index (χ1) is 19.8. The largest absolute Gasteiger partial charge is 0.458 e. The third-order valence-corrected chi connectivity index (χ3v) is 10.0. The Kier molecular flexibility index (Phi) is 11.3. The summed E-state index contributed by atoms with van der Waals surface area (Å²) in [6.07, 6.45) is 5.13. The molecule has 0 spiro atoms. The van der Waals surface area contributed by atoms with Gasteiger partial charge in [-0.2, -0.15) is 0 Å². The van der Waals surface area contributed by atoms with Crippen molar-refractivity contribution in [3.63, 3.8) is 0 Å². The predicted molar refractivity (Wildman–Crippen MR) is 175 cm³/mol. The van der Waals surface area contributed by atoms with Gasteiger partial charge in [0.05, 0.1) is 6.61 Å². The molecule has 230 valence electrons. The van der Waals surface area contributed by atoms with Gasteiger partial charge in [-0.3, -0.25) is 9.69 Å². The number of nitrogens with zero attached hydrogens (tertiary/aromatic N) is 1. The second-order valence-corrected chi connectivity index (χ2v) is 12.5. The fourth-order valence-corrected chi connectivity index (χ4v) is 6.85. The quantitative estimate of drug-likeness (QED) is 0.205. The Morgan fingerprint density at radius 3 is 2.55 bits per heavy atom. The van der Waals surface area contributed by atoms with Crippen LogP contribution in [-0.2, 0) is 20.7 Å². The van der Waals surface area contributed by atoms with Crippen LogP contribution in [0.15, 0.2) is 46.6 Å². The Morgan fingerprint density at radius 2 is 1.98 bits per heavy atom. The van der Waals surface area contributed by atoms with Crippen molar-refractivity contribution in [2.45, 2.75) is 92.2 Å². The summed E-state index contributed by atoms with van der Waals surface area (Å²) in [5.41, 5.74) is 7.79. The maximum absolute atomic E-state index is 13.4. The van der Waals surface area contributed by atoms with Gasteiger partial charge < -0.3 is 14.9 Å². The van der Waals surface area contributed by atoms with E-state index in [-0.39, 0.29) is 37.4 Å². The summed E-state index contributed by atoms with van der Waals surface area (Å²) in [7, 11) is 4.93. The molecule has 7 heteroatoms. The van der Waals surface area contributed by atoms with Crippen molar-refractivity contribution in [2.24, 2.45) is 5.92 Å². The Morgan fingerprint density at radius 1 is 1.31 bits per heavy atom. The minimum absolute atomic E-state index is 0.0733. The lowest BCUT2D eigenvalue weighted by molar-refractivity contribution is -0.163. The van der Waals surface area contributed by atoms with Gasteiger partial charge in [0.1, 0.15) is 6.61 Å². The van der Waals surface area contributed by atoms with Gasteiger partial charge in [-0.25, -0.2) is 4.79 Å². The predicted octanol–water partition coefficient (Wildman–Crippen LogP) is 5.32. The highest BCUT2D eigenvalue weighted by atomic mass is 31.0. The fraction of sp³-hybridized carbons (Fsp3) is 0.543. The van der Waals surface area contributed by atoms with E-state index in [4.69, 9.17) is 4.74 Å². The number of carbonyl (C=O) groups excluding carboxylic acids is 2. The SMILES string of the molecule is C=C(/C(C)=C/C1=C(C(=O)C(C)CC)COC(=O)C1(O)CC)/C(CC)=C1\c2c(C)cc(P)c(C)c2CCC1N(C)CCO. The van der Waals surface area contributed by atoms with Crippen molar-refractivity contribution >= 4 is 31.9 Å². The first-order valence-corrected chi connectivity index (χ1v) is 15.8. The zero-order chi connectivity index (χ0) is 31.5. The molecule has 42 heavy (non-hydrogen) atoms. The number of aliphatic hydroxyl groups excluding tert-OH is 1. The number of hydrogen-bond donors (Lipinski definition) is 2. The van der Waals surface area contributed by atoms with Crippen LogP contribution < -0.4 is 5.30 Å². The van der Waals surface area contributed by atoms with Gasteiger partial charge in [0.25, 0.3) is 0 Å². The molecule has 3 rings (SSSR count). The van der Waals surface area contributed by atoms with Gasteiger partial charge in [0.15, 0.2) is 11.4 Å². The van der Waals surface area contributed by atoms with E-state index >= 15 is 0 Å². The number of allylic oxidation sites excluding steroid dienone is 3. The van der Waals surface area contributed by atoms with E-state index in [1.54, 1.807) is 13.0 Å². The number of benzene rings is 1. The maximum Gasteiger partial charge on any atom is 0.343 e. The first kappa shape index (κ1) is 34.1. The zero-order valence-corrected chi connectivity index (χ0v) is 28.0. The molecule has 0 saturated carbocycles. The topological polar surface area (TPSA) is 87.1 Å². The summed E-state index contributed by atoms with van der Waals surface area (Å²) in [5.74, 6) is -1.09. The van der Waals surface area contributed by atoms with E-state index in [1.807, 2.05) is 20.8 Å². The molecular weight excluding hydrogens is 545 g/mol. The molecule has 0 amide bonds. The smallest absolute Gasteiger partial charge is 0.343 e. The molecule has 0 aromatic heterocycles. The zero-order valence-electron chi connectivity index (χ0n) is 26.8. The number of fused-ring (bicyclic) bond motifs is 1. The molecule has 1 aliphatic heterocycles. The van der Waals surface area contributed by atoms with E-state index in [0.717, 1.165) is 36.0 Å². The van der Waals surface area contributed by atoms with Gasteiger partial charge in [0.2, 0.25) is 0 Å². The summed E-state index contributed by atoms with van der Waals surface area (Å²) < 4.78 is 5.33. The Hall–Kier alpha value is -2.37. The number of hydrogen-bond acceptors (Lipinski definition) is 6. The Balaban J connectivity index is 2.31. The fourth-order valence-electron chi connectivity index (χ4n) is 6.43. The van der Waals surface area contributed by atoms with E-state index < -0.39 is 11.6 Å². The lowest BCUT2D eigenvalue weighted by Gasteiger charge is -2.38. The summed E-state index contributed by atoms with van der Waals surface area (Å²) >= 11 is 0. The van der Waals surface area contributed by atoms with Gasteiger partial charge in [-0.1, -0.05) is 46.4 Å². The van der Waals surface area contributed by atoms with Crippen LogP contribution in [0.25, 0.3) is 5.57 Å². The number of esters is 1. The van der Waals surface area contributed by atoms with Crippen LogP contribution in [0.2, 0.25) is 0 Å². The van der Waals surface area contributed by atoms with Gasteiger partial charge >= 0.3 is 5.97 Å². The Bertz CT molecular complexity index is 1350. The highest BCUT2D eigenvalue weighted by molar-refractivity contribution is 7.27. The van der Waals surface area contributed by atoms with Crippen molar-refractivity contribution in [2.75, 3.05) is 26.8 Å². The molecule has 0 radical (unpaired) electrons. The third-order valence-electron chi connectivity index (χ3n) is 9.41. The van der Waals surface area contributed by atoms with Crippen molar-refractivity contribution in [1.82, 2.24) is 4.90 Å². The average molecular weight is 596 g/mol. The van der Waals surface area contributed by atoms with E-state index in [2.05, 4.69) is 54.6 Å². The maximum atomic E-state index is 13.4.